The van der Waals surface area contributed by atoms with Gasteiger partial charge in [-0.3, -0.25) is 9.59 Å². The Labute approximate surface area is 175 Å². The van der Waals surface area contributed by atoms with E-state index in [1.807, 2.05) is 56.3 Å². The van der Waals surface area contributed by atoms with Crippen molar-refractivity contribution >= 4 is 23.7 Å². The maximum Gasteiger partial charge on any atom is 0.271 e. The highest BCUT2D eigenvalue weighted by atomic mass is 16.5. The standard InChI is InChI=1S/C24H23N3O3/c1-17-11-13-19(14-12-17)24(29)27-25-15-20-8-4-6-10-22(20)30-16-23(28)26-21-9-5-3-7-18(21)2/h3-15H,16H2,1-2H3,(H,26,28)(H,27,29)/b25-15+. The van der Waals surface area contributed by atoms with Crippen LogP contribution in [0, 0.1) is 13.8 Å². The van der Waals surface area contributed by atoms with Crippen LogP contribution in [0.3, 0.4) is 0 Å². The molecule has 0 heterocycles. The molecule has 3 aromatic rings. The highest BCUT2D eigenvalue weighted by molar-refractivity contribution is 5.95. The number of aryl methyl sites for hydroxylation is 2. The van der Waals surface area contributed by atoms with Crippen LogP contribution in [0.5, 0.6) is 5.75 Å². The molecule has 0 aliphatic rings. The number of nitrogens with one attached hydrogen (secondary N) is 2. The lowest BCUT2D eigenvalue weighted by atomic mass is 10.1. The molecular weight excluding hydrogens is 378 g/mol. The molecule has 0 aromatic heterocycles. The molecule has 0 saturated carbocycles. The summed E-state index contributed by atoms with van der Waals surface area (Å²) >= 11 is 0. The fraction of sp³-hybridized carbons (Fsp3) is 0.125. The topological polar surface area (TPSA) is 79.8 Å². The summed E-state index contributed by atoms with van der Waals surface area (Å²) in [6.45, 7) is 3.74. The molecule has 3 rings (SSSR count). The smallest absolute Gasteiger partial charge is 0.271 e. The van der Waals surface area contributed by atoms with Crippen LogP contribution in [0.2, 0.25) is 0 Å². The average Bonchev–Trinajstić information content (AvgIpc) is 2.75. The van der Waals surface area contributed by atoms with Gasteiger partial charge in [-0.05, 0) is 49.7 Å². The van der Waals surface area contributed by atoms with Gasteiger partial charge in [-0.25, -0.2) is 5.43 Å². The van der Waals surface area contributed by atoms with Crippen LogP contribution in [0.4, 0.5) is 5.69 Å². The Hall–Kier alpha value is -3.93. The second kappa shape index (κ2) is 10.0. The molecule has 0 radical (unpaired) electrons. The minimum absolute atomic E-state index is 0.144. The lowest BCUT2D eigenvalue weighted by Crippen LogP contribution is -2.21. The first kappa shape index (κ1) is 20.8. The van der Waals surface area contributed by atoms with E-state index in [9.17, 15) is 9.59 Å². The third-order valence-corrected chi connectivity index (χ3v) is 4.38. The molecule has 0 bridgehead atoms. The van der Waals surface area contributed by atoms with Crippen molar-refractivity contribution in [2.75, 3.05) is 11.9 Å². The summed E-state index contributed by atoms with van der Waals surface area (Å²) < 4.78 is 5.65. The predicted octanol–water partition coefficient (Wildman–Crippen LogP) is 4.08. The molecule has 0 aliphatic carbocycles. The molecule has 152 valence electrons. The number of ether oxygens (including phenoxy) is 1. The first-order chi connectivity index (χ1) is 14.5. The molecule has 0 atom stereocenters. The van der Waals surface area contributed by atoms with Crippen LogP contribution in [0.1, 0.15) is 27.0 Å². The molecule has 3 aromatic carbocycles. The zero-order valence-corrected chi connectivity index (χ0v) is 16.9. The van der Waals surface area contributed by atoms with Crippen molar-refractivity contribution in [2.45, 2.75) is 13.8 Å². The molecule has 6 nitrogen and oxygen atoms in total. The number of hydrogen-bond acceptors (Lipinski definition) is 4. The third-order valence-electron chi connectivity index (χ3n) is 4.38. The van der Waals surface area contributed by atoms with Gasteiger partial charge in [-0.2, -0.15) is 5.10 Å². The lowest BCUT2D eigenvalue weighted by Gasteiger charge is -2.11. The Balaban J connectivity index is 1.58. The van der Waals surface area contributed by atoms with Gasteiger partial charge < -0.3 is 10.1 Å². The van der Waals surface area contributed by atoms with E-state index in [-0.39, 0.29) is 18.4 Å². The van der Waals surface area contributed by atoms with E-state index in [0.29, 0.717) is 16.9 Å². The maximum absolute atomic E-state index is 12.2. The number of benzene rings is 3. The van der Waals surface area contributed by atoms with E-state index in [2.05, 4.69) is 15.8 Å². The van der Waals surface area contributed by atoms with E-state index in [0.717, 1.165) is 16.8 Å². The summed E-state index contributed by atoms with van der Waals surface area (Å²) in [6.07, 6.45) is 1.49. The number of carbonyl (C=O) groups excluding carboxylic acids is 2. The van der Waals surface area contributed by atoms with E-state index < -0.39 is 0 Å². The fourth-order valence-corrected chi connectivity index (χ4v) is 2.69. The molecule has 2 amide bonds. The number of hydrazone groups is 1. The summed E-state index contributed by atoms with van der Waals surface area (Å²) in [5, 5.41) is 6.83. The van der Waals surface area contributed by atoms with Gasteiger partial charge in [0.1, 0.15) is 5.75 Å². The molecule has 0 fully saturated rings. The first-order valence-electron chi connectivity index (χ1n) is 9.50. The van der Waals surface area contributed by atoms with E-state index in [1.165, 1.54) is 6.21 Å². The maximum atomic E-state index is 12.2. The predicted molar refractivity (Wildman–Crippen MR) is 118 cm³/mol. The largest absolute Gasteiger partial charge is 0.483 e. The Morgan fingerprint density at radius 1 is 0.933 bits per heavy atom. The minimum atomic E-state index is -0.303. The van der Waals surface area contributed by atoms with Gasteiger partial charge in [-0.15, -0.1) is 0 Å². The quantitative estimate of drug-likeness (QED) is 0.462. The second-order valence-electron chi connectivity index (χ2n) is 6.75. The molecule has 2 N–H and O–H groups in total. The molecule has 0 unspecified atom stereocenters. The average molecular weight is 401 g/mol. The van der Waals surface area contributed by atoms with Gasteiger partial charge in [-0.1, -0.05) is 48.0 Å². The van der Waals surface area contributed by atoms with Gasteiger partial charge >= 0.3 is 0 Å². The Morgan fingerprint density at radius 2 is 1.63 bits per heavy atom. The monoisotopic (exact) mass is 401 g/mol. The summed E-state index contributed by atoms with van der Waals surface area (Å²) in [7, 11) is 0. The molecule has 0 aliphatic heterocycles. The van der Waals surface area contributed by atoms with E-state index in [1.54, 1.807) is 30.3 Å². The van der Waals surface area contributed by atoms with Crippen LogP contribution in [-0.4, -0.2) is 24.6 Å². The highest BCUT2D eigenvalue weighted by Crippen LogP contribution is 2.17. The molecule has 30 heavy (non-hydrogen) atoms. The first-order valence-corrected chi connectivity index (χ1v) is 9.50. The number of carbonyl (C=O) groups is 2. The molecule has 0 saturated heterocycles. The zero-order chi connectivity index (χ0) is 21.3. The minimum Gasteiger partial charge on any atom is -0.483 e. The van der Waals surface area contributed by atoms with Gasteiger partial charge in [0.15, 0.2) is 6.61 Å². The summed E-state index contributed by atoms with van der Waals surface area (Å²) in [4.78, 5) is 24.3. The van der Waals surface area contributed by atoms with Crippen molar-refractivity contribution in [3.8, 4) is 5.75 Å². The summed E-state index contributed by atoms with van der Waals surface area (Å²) in [5.74, 6) is -0.0725. The number of rotatable bonds is 7. The van der Waals surface area contributed by atoms with Gasteiger partial charge in [0.25, 0.3) is 11.8 Å². The van der Waals surface area contributed by atoms with Crippen molar-refractivity contribution in [3.63, 3.8) is 0 Å². The van der Waals surface area contributed by atoms with Gasteiger partial charge in [0.05, 0.1) is 6.21 Å². The van der Waals surface area contributed by atoms with Crippen molar-refractivity contribution in [1.82, 2.24) is 5.43 Å². The SMILES string of the molecule is Cc1ccc(C(=O)N/N=C/c2ccccc2OCC(=O)Nc2ccccc2C)cc1. The van der Waals surface area contributed by atoms with Crippen molar-refractivity contribution in [2.24, 2.45) is 5.10 Å². The van der Waals surface area contributed by atoms with Crippen LogP contribution < -0.4 is 15.5 Å². The van der Waals surface area contributed by atoms with Crippen LogP contribution in [-0.2, 0) is 4.79 Å². The second-order valence-corrected chi connectivity index (χ2v) is 6.75. The van der Waals surface area contributed by atoms with Crippen molar-refractivity contribution in [3.05, 3.63) is 95.1 Å². The number of para-hydroxylation sites is 2. The Kier molecular flexibility index (Phi) is 6.95. The molecule has 0 spiro atoms. The number of anilines is 1. The highest BCUT2D eigenvalue weighted by Gasteiger charge is 2.08. The fourth-order valence-electron chi connectivity index (χ4n) is 2.69. The summed E-state index contributed by atoms with van der Waals surface area (Å²) in [5.41, 5.74) is 6.46. The van der Waals surface area contributed by atoms with Gasteiger partial charge in [0.2, 0.25) is 0 Å². The van der Waals surface area contributed by atoms with Crippen LogP contribution in [0.25, 0.3) is 0 Å². The van der Waals surface area contributed by atoms with Gasteiger partial charge in [0, 0.05) is 16.8 Å². The third kappa shape index (κ3) is 5.78. The van der Waals surface area contributed by atoms with Crippen molar-refractivity contribution < 1.29 is 14.3 Å². The number of hydrogen-bond donors (Lipinski definition) is 2. The van der Waals surface area contributed by atoms with E-state index >= 15 is 0 Å². The molecular formula is C24H23N3O3. The Bertz CT molecular complexity index is 1060. The van der Waals surface area contributed by atoms with Crippen molar-refractivity contribution in [1.29, 1.82) is 0 Å². The van der Waals surface area contributed by atoms with E-state index in [4.69, 9.17) is 4.74 Å². The van der Waals surface area contributed by atoms with Crippen LogP contribution in [0.15, 0.2) is 77.9 Å². The molecule has 6 heteroatoms. The lowest BCUT2D eigenvalue weighted by molar-refractivity contribution is -0.118. The normalized spacial score (nSPS) is 10.6. The number of amides is 2. The van der Waals surface area contributed by atoms with Crippen LogP contribution >= 0.6 is 0 Å². The summed E-state index contributed by atoms with van der Waals surface area (Å²) in [6, 6.07) is 21.9. The Morgan fingerprint density at radius 3 is 2.40 bits per heavy atom. The zero-order valence-electron chi connectivity index (χ0n) is 16.9. The number of nitrogens with zero attached hydrogens (tertiary/aromatic N) is 1.